The summed E-state index contributed by atoms with van der Waals surface area (Å²) in [6.45, 7) is 8.70. The van der Waals surface area contributed by atoms with Gasteiger partial charge in [0.25, 0.3) is 0 Å². The maximum absolute atomic E-state index is 5.76. The summed E-state index contributed by atoms with van der Waals surface area (Å²) >= 11 is 5.36. The van der Waals surface area contributed by atoms with Crippen LogP contribution in [-0.2, 0) is 0 Å². The summed E-state index contributed by atoms with van der Waals surface area (Å²) in [6, 6.07) is 15.7. The smallest absolute Gasteiger partial charge is 0.171 e. The number of thiocarbonyl (C=S) groups is 1. The Hall–Kier alpha value is -2.53. The van der Waals surface area contributed by atoms with Crippen LogP contribution in [0.1, 0.15) is 12.5 Å². The number of rotatable bonds is 8. The predicted molar refractivity (Wildman–Crippen MR) is 108 cm³/mol. The number of anilines is 1. The molecule has 0 aliphatic heterocycles. The largest absolute Gasteiger partial charge is 0.491 e. The topological polar surface area (TPSA) is 42.5 Å². The van der Waals surface area contributed by atoms with E-state index in [1.807, 2.05) is 55.5 Å². The SMILES string of the molecule is C=CCOc1cccc(NC(=S)NC(C)COc2ccc(C)cc2)c1. The van der Waals surface area contributed by atoms with Crippen LogP contribution in [0, 0.1) is 6.92 Å². The zero-order valence-corrected chi connectivity index (χ0v) is 15.4. The second kappa shape index (κ2) is 9.69. The van der Waals surface area contributed by atoms with Gasteiger partial charge in [-0.15, -0.1) is 0 Å². The fraction of sp³-hybridized carbons (Fsp3) is 0.250. The summed E-state index contributed by atoms with van der Waals surface area (Å²) in [5.74, 6) is 1.62. The minimum absolute atomic E-state index is 0.0708. The lowest BCUT2D eigenvalue weighted by atomic mass is 10.2. The van der Waals surface area contributed by atoms with E-state index in [4.69, 9.17) is 21.7 Å². The van der Waals surface area contributed by atoms with Crippen LogP contribution >= 0.6 is 12.2 Å². The Morgan fingerprint density at radius 2 is 1.92 bits per heavy atom. The summed E-state index contributed by atoms with van der Waals surface area (Å²) in [5.41, 5.74) is 2.08. The maximum Gasteiger partial charge on any atom is 0.171 e. The molecule has 5 heteroatoms. The first-order valence-corrected chi connectivity index (χ1v) is 8.58. The van der Waals surface area contributed by atoms with Gasteiger partial charge in [-0.1, -0.05) is 36.4 Å². The fourth-order valence-electron chi connectivity index (χ4n) is 2.11. The molecule has 0 radical (unpaired) electrons. The molecule has 2 aromatic carbocycles. The van der Waals surface area contributed by atoms with Gasteiger partial charge >= 0.3 is 0 Å². The summed E-state index contributed by atoms with van der Waals surface area (Å²) in [6.07, 6.45) is 1.71. The quantitative estimate of drug-likeness (QED) is 0.545. The van der Waals surface area contributed by atoms with Gasteiger partial charge in [0.05, 0.1) is 6.04 Å². The molecule has 2 aromatic rings. The van der Waals surface area contributed by atoms with Crippen molar-refractivity contribution in [1.82, 2.24) is 5.32 Å². The number of hydrogen-bond donors (Lipinski definition) is 2. The molecule has 0 saturated carbocycles. The lowest BCUT2D eigenvalue weighted by Crippen LogP contribution is -2.39. The van der Waals surface area contributed by atoms with Crippen molar-refractivity contribution in [2.75, 3.05) is 18.5 Å². The molecule has 1 atom stereocenters. The van der Waals surface area contributed by atoms with Gasteiger partial charge in [0.2, 0.25) is 0 Å². The Bertz CT molecular complexity index is 701. The van der Waals surface area contributed by atoms with Crippen LogP contribution in [0.4, 0.5) is 5.69 Å². The zero-order chi connectivity index (χ0) is 18.1. The number of hydrogen-bond acceptors (Lipinski definition) is 3. The average Bonchev–Trinajstić information content (AvgIpc) is 2.59. The van der Waals surface area contributed by atoms with Gasteiger partial charge in [-0.3, -0.25) is 0 Å². The first kappa shape index (κ1) is 18.8. The highest BCUT2D eigenvalue weighted by atomic mass is 32.1. The Kier molecular flexibility index (Phi) is 7.29. The Morgan fingerprint density at radius 1 is 1.16 bits per heavy atom. The zero-order valence-electron chi connectivity index (χ0n) is 14.6. The van der Waals surface area contributed by atoms with Gasteiger partial charge in [-0.25, -0.2) is 0 Å². The highest BCUT2D eigenvalue weighted by molar-refractivity contribution is 7.80. The molecule has 0 aromatic heterocycles. The van der Waals surface area contributed by atoms with Gasteiger partial charge in [-0.05, 0) is 50.3 Å². The van der Waals surface area contributed by atoms with E-state index in [-0.39, 0.29) is 6.04 Å². The van der Waals surface area contributed by atoms with E-state index in [0.29, 0.717) is 18.3 Å². The molecule has 0 saturated heterocycles. The molecule has 0 bridgehead atoms. The van der Waals surface area contributed by atoms with E-state index >= 15 is 0 Å². The van der Waals surface area contributed by atoms with Crippen LogP contribution in [0.5, 0.6) is 11.5 Å². The van der Waals surface area contributed by atoms with E-state index < -0.39 is 0 Å². The Balaban J connectivity index is 1.78. The summed E-state index contributed by atoms with van der Waals surface area (Å²) in [5, 5.41) is 6.91. The molecule has 2 N–H and O–H groups in total. The van der Waals surface area contributed by atoms with Gasteiger partial charge < -0.3 is 20.1 Å². The van der Waals surface area contributed by atoms with Crippen molar-refractivity contribution in [1.29, 1.82) is 0 Å². The Labute approximate surface area is 154 Å². The summed E-state index contributed by atoms with van der Waals surface area (Å²) < 4.78 is 11.3. The third kappa shape index (κ3) is 6.85. The summed E-state index contributed by atoms with van der Waals surface area (Å²) in [4.78, 5) is 0. The van der Waals surface area contributed by atoms with Crippen molar-refractivity contribution >= 4 is 23.0 Å². The monoisotopic (exact) mass is 356 g/mol. The van der Waals surface area contributed by atoms with E-state index in [0.717, 1.165) is 17.2 Å². The summed E-state index contributed by atoms with van der Waals surface area (Å²) in [7, 11) is 0. The minimum atomic E-state index is 0.0708. The van der Waals surface area contributed by atoms with E-state index in [1.165, 1.54) is 5.56 Å². The van der Waals surface area contributed by atoms with Crippen LogP contribution in [0.3, 0.4) is 0 Å². The number of aryl methyl sites for hydroxylation is 1. The molecular weight excluding hydrogens is 332 g/mol. The Morgan fingerprint density at radius 3 is 2.64 bits per heavy atom. The molecule has 0 fully saturated rings. The molecule has 2 rings (SSSR count). The van der Waals surface area contributed by atoms with Crippen molar-refractivity contribution < 1.29 is 9.47 Å². The normalized spacial score (nSPS) is 11.3. The molecule has 1 unspecified atom stereocenters. The molecule has 132 valence electrons. The van der Waals surface area contributed by atoms with Crippen LogP contribution < -0.4 is 20.1 Å². The van der Waals surface area contributed by atoms with Gasteiger partial charge in [-0.2, -0.15) is 0 Å². The molecule has 25 heavy (non-hydrogen) atoms. The first-order valence-electron chi connectivity index (χ1n) is 8.17. The second-order valence-corrected chi connectivity index (χ2v) is 6.16. The lowest BCUT2D eigenvalue weighted by molar-refractivity contribution is 0.287. The standard InChI is InChI=1S/C20H24N2O2S/c1-4-12-23-19-7-5-6-17(13-19)22-20(25)21-16(3)14-24-18-10-8-15(2)9-11-18/h4-11,13,16H,1,12,14H2,2-3H3,(H2,21,22,25). The van der Waals surface area contributed by atoms with Crippen molar-refractivity contribution in [3.63, 3.8) is 0 Å². The minimum Gasteiger partial charge on any atom is -0.491 e. The van der Waals surface area contributed by atoms with E-state index in [9.17, 15) is 0 Å². The maximum atomic E-state index is 5.76. The molecule has 0 heterocycles. The van der Waals surface area contributed by atoms with Crippen LogP contribution in [0.2, 0.25) is 0 Å². The number of nitrogens with one attached hydrogen (secondary N) is 2. The fourth-order valence-corrected chi connectivity index (χ4v) is 2.43. The second-order valence-electron chi connectivity index (χ2n) is 5.75. The van der Waals surface area contributed by atoms with E-state index in [2.05, 4.69) is 24.1 Å². The number of ether oxygens (including phenoxy) is 2. The van der Waals surface area contributed by atoms with Crippen molar-refractivity contribution in [3.8, 4) is 11.5 Å². The van der Waals surface area contributed by atoms with Gasteiger partial charge in [0.1, 0.15) is 24.7 Å². The molecular formula is C20H24N2O2S. The molecule has 0 amide bonds. The van der Waals surface area contributed by atoms with Crippen molar-refractivity contribution in [2.24, 2.45) is 0 Å². The average molecular weight is 356 g/mol. The predicted octanol–water partition coefficient (Wildman–Crippen LogP) is 4.31. The molecule has 0 aliphatic carbocycles. The third-order valence-electron chi connectivity index (χ3n) is 3.36. The third-order valence-corrected chi connectivity index (χ3v) is 3.58. The molecule has 0 aliphatic rings. The molecule has 0 spiro atoms. The van der Waals surface area contributed by atoms with Crippen LogP contribution in [-0.4, -0.2) is 24.4 Å². The number of benzene rings is 2. The highest BCUT2D eigenvalue weighted by Gasteiger charge is 2.06. The van der Waals surface area contributed by atoms with Crippen molar-refractivity contribution in [2.45, 2.75) is 19.9 Å². The first-order chi connectivity index (χ1) is 12.1. The lowest BCUT2D eigenvalue weighted by Gasteiger charge is -2.18. The van der Waals surface area contributed by atoms with Gasteiger partial charge in [0.15, 0.2) is 5.11 Å². The highest BCUT2D eigenvalue weighted by Crippen LogP contribution is 2.17. The van der Waals surface area contributed by atoms with Crippen LogP contribution in [0.25, 0.3) is 0 Å². The molecule has 4 nitrogen and oxygen atoms in total. The van der Waals surface area contributed by atoms with Crippen LogP contribution in [0.15, 0.2) is 61.2 Å². The van der Waals surface area contributed by atoms with E-state index in [1.54, 1.807) is 6.08 Å². The van der Waals surface area contributed by atoms with Gasteiger partial charge in [0, 0.05) is 11.8 Å². The van der Waals surface area contributed by atoms with Crippen molar-refractivity contribution in [3.05, 3.63) is 66.7 Å².